The second kappa shape index (κ2) is 11.5. The summed E-state index contributed by atoms with van der Waals surface area (Å²) in [5.74, 6) is 0.540. The molecule has 0 bridgehead atoms. The molecule has 1 saturated carbocycles. The van der Waals surface area contributed by atoms with Crippen molar-refractivity contribution in [1.82, 2.24) is 14.7 Å². The van der Waals surface area contributed by atoms with Gasteiger partial charge in [-0.25, -0.2) is 14.6 Å². The van der Waals surface area contributed by atoms with E-state index in [2.05, 4.69) is 15.3 Å². The number of hydrogen-bond acceptors (Lipinski definition) is 7. The van der Waals surface area contributed by atoms with E-state index in [1.807, 2.05) is 30.3 Å². The molecule has 0 atom stereocenters. The Kier molecular flexibility index (Phi) is 7.92. The number of nitrogens with zero attached hydrogens (tertiary/aromatic N) is 5. The second-order valence-corrected chi connectivity index (χ2v) is 8.62. The molecule has 1 aliphatic carbocycles. The first-order chi connectivity index (χ1) is 17.0. The molecular weight excluding hydrogens is 450 g/mol. The molecule has 10 nitrogen and oxygen atoms in total. The SMILES string of the molecule is Cn1c(/C(=N\OCc2cccc(N(CCC3CCCCC3)C(=O)O)n2)c2ccccc2)noc1=O. The number of carboxylic acid groups (broad SMARTS) is 1. The first kappa shape index (κ1) is 24.2. The molecule has 10 heteroatoms. The van der Waals surface area contributed by atoms with Crippen LogP contribution in [0.3, 0.4) is 0 Å². The minimum atomic E-state index is -1.03. The summed E-state index contributed by atoms with van der Waals surface area (Å²) in [5.41, 5.74) is 1.55. The topological polar surface area (TPSA) is 123 Å². The lowest BCUT2D eigenvalue weighted by molar-refractivity contribution is 0.128. The van der Waals surface area contributed by atoms with Gasteiger partial charge in [0, 0.05) is 19.2 Å². The van der Waals surface area contributed by atoms with Gasteiger partial charge in [0.2, 0.25) is 5.82 Å². The first-order valence-electron chi connectivity index (χ1n) is 11.8. The molecule has 1 N–H and O–H groups in total. The number of aromatic nitrogens is 3. The highest BCUT2D eigenvalue weighted by atomic mass is 16.6. The predicted molar refractivity (Wildman–Crippen MR) is 129 cm³/mol. The van der Waals surface area contributed by atoms with Crippen LogP contribution in [0.1, 0.15) is 55.6 Å². The van der Waals surface area contributed by atoms with Crippen molar-refractivity contribution < 1.29 is 19.3 Å². The summed E-state index contributed by atoms with van der Waals surface area (Å²) in [7, 11) is 1.53. The van der Waals surface area contributed by atoms with Crippen LogP contribution in [0.2, 0.25) is 0 Å². The van der Waals surface area contributed by atoms with Gasteiger partial charge >= 0.3 is 11.8 Å². The zero-order valence-corrected chi connectivity index (χ0v) is 19.7. The third kappa shape index (κ3) is 6.14. The molecule has 3 aromatic rings. The smallest absolute Gasteiger partial charge is 0.441 e. The molecule has 1 amide bonds. The molecule has 0 saturated heterocycles. The van der Waals surface area contributed by atoms with Gasteiger partial charge in [0.15, 0.2) is 12.3 Å². The summed E-state index contributed by atoms with van der Waals surface area (Å²) in [5, 5.41) is 17.8. The minimum absolute atomic E-state index is 0.00601. The van der Waals surface area contributed by atoms with Crippen LogP contribution in [-0.2, 0) is 18.5 Å². The molecule has 1 aliphatic rings. The van der Waals surface area contributed by atoms with E-state index in [0.29, 0.717) is 35.2 Å². The quantitative estimate of drug-likeness (QED) is 0.360. The van der Waals surface area contributed by atoms with Crippen LogP contribution < -0.4 is 10.7 Å². The molecule has 0 spiro atoms. The molecule has 0 aliphatic heterocycles. The zero-order chi connectivity index (χ0) is 24.6. The number of rotatable bonds is 9. The molecule has 184 valence electrons. The van der Waals surface area contributed by atoms with Gasteiger partial charge in [0.1, 0.15) is 5.82 Å². The van der Waals surface area contributed by atoms with E-state index in [9.17, 15) is 14.7 Å². The van der Waals surface area contributed by atoms with E-state index >= 15 is 0 Å². The van der Waals surface area contributed by atoms with Gasteiger partial charge in [-0.15, -0.1) is 0 Å². The number of pyridine rings is 1. The van der Waals surface area contributed by atoms with Crippen molar-refractivity contribution in [2.75, 3.05) is 11.4 Å². The van der Waals surface area contributed by atoms with E-state index in [1.54, 1.807) is 18.2 Å². The summed E-state index contributed by atoms with van der Waals surface area (Å²) in [6, 6.07) is 14.3. The van der Waals surface area contributed by atoms with E-state index in [4.69, 9.17) is 9.36 Å². The maximum atomic E-state index is 11.9. The number of amides is 1. The highest BCUT2D eigenvalue weighted by Crippen LogP contribution is 2.27. The Morgan fingerprint density at radius 1 is 1.17 bits per heavy atom. The predicted octanol–water partition coefficient (Wildman–Crippen LogP) is 4.19. The van der Waals surface area contributed by atoms with Crippen LogP contribution in [0.15, 0.2) is 63.0 Å². The van der Waals surface area contributed by atoms with Crippen molar-refractivity contribution >= 4 is 17.6 Å². The molecule has 35 heavy (non-hydrogen) atoms. The Balaban J connectivity index is 1.48. The Morgan fingerprint density at radius 2 is 1.94 bits per heavy atom. The third-order valence-electron chi connectivity index (χ3n) is 6.21. The van der Waals surface area contributed by atoms with Crippen LogP contribution in [0, 0.1) is 5.92 Å². The van der Waals surface area contributed by atoms with Crippen molar-refractivity contribution in [2.24, 2.45) is 18.1 Å². The maximum Gasteiger partial charge on any atom is 0.441 e. The lowest BCUT2D eigenvalue weighted by atomic mass is 9.87. The van der Waals surface area contributed by atoms with Crippen molar-refractivity contribution in [3.63, 3.8) is 0 Å². The largest absolute Gasteiger partial charge is 0.465 e. The van der Waals surface area contributed by atoms with Gasteiger partial charge in [-0.2, -0.15) is 0 Å². The van der Waals surface area contributed by atoms with Crippen LogP contribution in [0.4, 0.5) is 10.6 Å². The van der Waals surface area contributed by atoms with Crippen molar-refractivity contribution in [2.45, 2.75) is 45.1 Å². The van der Waals surface area contributed by atoms with Crippen LogP contribution in [0.25, 0.3) is 0 Å². The lowest BCUT2D eigenvalue weighted by Crippen LogP contribution is -2.32. The summed E-state index contributed by atoms with van der Waals surface area (Å²) < 4.78 is 5.98. The van der Waals surface area contributed by atoms with E-state index in [0.717, 1.165) is 19.3 Å². The third-order valence-corrected chi connectivity index (χ3v) is 6.21. The fraction of sp³-hybridized carbons (Fsp3) is 0.400. The van der Waals surface area contributed by atoms with Gasteiger partial charge in [-0.05, 0) is 24.5 Å². The normalized spacial score (nSPS) is 14.6. The standard InChI is InChI=1S/C25H29N5O5/c1-29-23(28-35-25(29)33)22(19-11-6-3-7-12-19)27-34-17-20-13-8-14-21(26-20)30(24(31)32)16-15-18-9-4-2-5-10-18/h3,6-8,11-14,18H,2,4-5,9-10,15-17H2,1H3,(H,31,32)/b27-22-. The number of hydrogen-bond donors (Lipinski definition) is 1. The average molecular weight is 480 g/mol. The van der Waals surface area contributed by atoms with Gasteiger partial charge < -0.3 is 9.94 Å². The van der Waals surface area contributed by atoms with E-state index in [-0.39, 0.29) is 12.4 Å². The monoisotopic (exact) mass is 479 g/mol. The highest BCUT2D eigenvalue weighted by molar-refractivity contribution is 6.10. The summed E-state index contributed by atoms with van der Waals surface area (Å²) in [6.45, 7) is 0.417. The van der Waals surface area contributed by atoms with E-state index < -0.39 is 11.8 Å². The molecule has 0 radical (unpaired) electrons. The molecule has 0 unspecified atom stereocenters. The summed E-state index contributed by atoms with van der Waals surface area (Å²) in [4.78, 5) is 35.0. The molecule has 2 heterocycles. The van der Waals surface area contributed by atoms with Gasteiger partial charge in [-0.3, -0.25) is 14.0 Å². The molecule has 4 rings (SSSR count). The molecule has 1 fully saturated rings. The van der Waals surface area contributed by atoms with E-state index in [1.165, 1.54) is 35.8 Å². The zero-order valence-electron chi connectivity index (χ0n) is 19.7. The molecule has 2 aromatic heterocycles. The van der Waals surface area contributed by atoms with Gasteiger partial charge in [0.25, 0.3) is 0 Å². The molecular formula is C25H29N5O5. The fourth-order valence-corrected chi connectivity index (χ4v) is 4.27. The average Bonchev–Trinajstić information content (AvgIpc) is 3.21. The van der Waals surface area contributed by atoms with Crippen molar-refractivity contribution in [1.29, 1.82) is 0 Å². The van der Waals surface area contributed by atoms with Crippen molar-refractivity contribution in [3.05, 3.63) is 76.2 Å². The minimum Gasteiger partial charge on any atom is -0.465 e. The van der Waals surface area contributed by atoms with Gasteiger partial charge in [0.05, 0.1) is 5.69 Å². The Hall–Kier alpha value is -3.95. The number of benzene rings is 1. The Morgan fingerprint density at radius 3 is 2.63 bits per heavy atom. The van der Waals surface area contributed by atoms with Gasteiger partial charge in [-0.1, -0.05) is 78.8 Å². The maximum absolute atomic E-state index is 11.9. The number of carbonyl (C=O) groups is 1. The van der Waals surface area contributed by atoms with Crippen LogP contribution >= 0.6 is 0 Å². The Labute approximate surface area is 202 Å². The number of anilines is 1. The Bertz CT molecular complexity index is 1210. The van der Waals surface area contributed by atoms with Crippen molar-refractivity contribution in [3.8, 4) is 0 Å². The first-order valence-corrected chi connectivity index (χ1v) is 11.8. The number of oxime groups is 1. The fourth-order valence-electron chi connectivity index (χ4n) is 4.27. The summed E-state index contributed by atoms with van der Waals surface area (Å²) in [6.07, 6.45) is 5.83. The lowest BCUT2D eigenvalue weighted by Gasteiger charge is -2.25. The summed E-state index contributed by atoms with van der Waals surface area (Å²) >= 11 is 0. The second-order valence-electron chi connectivity index (χ2n) is 8.62. The highest BCUT2D eigenvalue weighted by Gasteiger charge is 2.20. The van der Waals surface area contributed by atoms with Crippen LogP contribution in [-0.4, -0.2) is 38.2 Å². The molecule has 1 aromatic carbocycles. The van der Waals surface area contributed by atoms with Crippen LogP contribution in [0.5, 0.6) is 0 Å².